The summed E-state index contributed by atoms with van der Waals surface area (Å²) in [4.78, 5) is 14.6. The van der Waals surface area contributed by atoms with E-state index in [0.717, 1.165) is 23.3 Å². The number of hydrogen-bond donors (Lipinski definition) is 0. The minimum absolute atomic E-state index is 0.231. The van der Waals surface area contributed by atoms with Crippen LogP contribution >= 0.6 is 0 Å². The zero-order chi connectivity index (χ0) is 19.3. The van der Waals surface area contributed by atoms with Gasteiger partial charge in [0.1, 0.15) is 0 Å². The smallest absolute Gasteiger partial charge is 0.330 e. The minimum Gasteiger partial charge on any atom is -0.330 e. The molecule has 0 atom stereocenters. The standard InChI is InChI=1S/C22H18F3NO/c23-22(24,25)20-13-11-19(12-14-20)21(27)26(15-17-7-3-1-4-8-17)16-18-9-5-2-6-10-18/h1-14H,15-16H2. The van der Waals surface area contributed by atoms with Crippen LogP contribution in [0.3, 0.4) is 0 Å². The molecule has 0 aliphatic heterocycles. The molecule has 0 aromatic heterocycles. The summed E-state index contributed by atoms with van der Waals surface area (Å²) in [7, 11) is 0. The Labute approximate surface area is 155 Å². The first-order valence-corrected chi connectivity index (χ1v) is 8.48. The normalized spacial score (nSPS) is 11.2. The molecule has 27 heavy (non-hydrogen) atoms. The van der Waals surface area contributed by atoms with Crippen LogP contribution in [0.25, 0.3) is 0 Å². The van der Waals surface area contributed by atoms with Gasteiger partial charge < -0.3 is 4.90 Å². The van der Waals surface area contributed by atoms with Crippen molar-refractivity contribution in [3.05, 3.63) is 107 Å². The van der Waals surface area contributed by atoms with Gasteiger partial charge in [-0.2, -0.15) is 13.2 Å². The first-order valence-electron chi connectivity index (χ1n) is 8.48. The Balaban J connectivity index is 1.85. The van der Waals surface area contributed by atoms with Crippen molar-refractivity contribution in [1.82, 2.24) is 4.90 Å². The third kappa shape index (κ3) is 4.97. The summed E-state index contributed by atoms with van der Waals surface area (Å²) in [6.45, 7) is 0.741. The molecular weight excluding hydrogens is 351 g/mol. The van der Waals surface area contributed by atoms with E-state index in [0.29, 0.717) is 13.1 Å². The van der Waals surface area contributed by atoms with Gasteiger partial charge in [0.15, 0.2) is 0 Å². The van der Waals surface area contributed by atoms with E-state index in [-0.39, 0.29) is 11.5 Å². The second-order valence-electron chi connectivity index (χ2n) is 6.21. The van der Waals surface area contributed by atoms with Gasteiger partial charge in [-0.05, 0) is 35.4 Å². The molecule has 0 spiro atoms. The first kappa shape index (κ1) is 18.7. The third-order valence-electron chi connectivity index (χ3n) is 4.18. The topological polar surface area (TPSA) is 20.3 Å². The van der Waals surface area contributed by atoms with E-state index in [2.05, 4.69) is 0 Å². The maximum Gasteiger partial charge on any atom is 0.416 e. The van der Waals surface area contributed by atoms with E-state index in [9.17, 15) is 18.0 Å². The monoisotopic (exact) mass is 369 g/mol. The number of benzene rings is 3. The number of rotatable bonds is 5. The molecule has 0 saturated carbocycles. The van der Waals surface area contributed by atoms with Crippen LogP contribution < -0.4 is 0 Å². The van der Waals surface area contributed by atoms with Crippen LogP contribution in [0.1, 0.15) is 27.0 Å². The van der Waals surface area contributed by atoms with E-state index >= 15 is 0 Å². The highest BCUT2D eigenvalue weighted by Gasteiger charge is 2.30. The van der Waals surface area contributed by atoms with Crippen molar-refractivity contribution in [3.8, 4) is 0 Å². The number of nitrogens with zero attached hydrogens (tertiary/aromatic N) is 1. The number of carbonyl (C=O) groups excluding carboxylic acids is 1. The molecule has 138 valence electrons. The largest absolute Gasteiger partial charge is 0.416 e. The molecule has 3 rings (SSSR count). The number of amides is 1. The fourth-order valence-corrected chi connectivity index (χ4v) is 2.79. The lowest BCUT2D eigenvalue weighted by Gasteiger charge is -2.23. The van der Waals surface area contributed by atoms with Crippen molar-refractivity contribution in [2.75, 3.05) is 0 Å². The van der Waals surface area contributed by atoms with Gasteiger partial charge >= 0.3 is 6.18 Å². The van der Waals surface area contributed by atoms with Crippen molar-refractivity contribution in [3.63, 3.8) is 0 Å². The van der Waals surface area contributed by atoms with Gasteiger partial charge in [0.05, 0.1) is 5.56 Å². The van der Waals surface area contributed by atoms with Crippen molar-refractivity contribution >= 4 is 5.91 Å². The SMILES string of the molecule is O=C(c1ccc(C(F)(F)F)cc1)N(Cc1ccccc1)Cc1ccccc1. The zero-order valence-electron chi connectivity index (χ0n) is 14.5. The van der Waals surface area contributed by atoms with Gasteiger partial charge in [0.2, 0.25) is 0 Å². The highest BCUT2D eigenvalue weighted by Crippen LogP contribution is 2.29. The highest BCUT2D eigenvalue weighted by atomic mass is 19.4. The Morgan fingerprint density at radius 1 is 0.704 bits per heavy atom. The van der Waals surface area contributed by atoms with Crippen LogP contribution in [-0.4, -0.2) is 10.8 Å². The Morgan fingerprint density at radius 3 is 1.56 bits per heavy atom. The molecule has 0 heterocycles. The summed E-state index contributed by atoms with van der Waals surface area (Å²) in [6.07, 6.45) is -4.42. The van der Waals surface area contributed by atoms with Crippen LogP contribution in [0.15, 0.2) is 84.9 Å². The highest BCUT2D eigenvalue weighted by molar-refractivity contribution is 5.94. The first-order chi connectivity index (χ1) is 12.9. The lowest BCUT2D eigenvalue weighted by molar-refractivity contribution is -0.137. The Hall–Kier alpha value is -3.08. The predicted octanol–water partition coefficient (Wildman–Crippen LogP) is 5.55. The van der Waals surface area contributed by atoms with Gasteiger partial charge in [-0.1, -0.05) is 60.7 Å². The molecule has 1 amide bonds. The molecule has 3 aromatic rings. The van der Waals surface area contributed by atoms with E-state index in [1.165, 1.54) is 12.1 Å². The summed E-state index contributed by atoms with van der Waals surface area (Å²) in [6, 6.07) is 23.3. The molecular formula is C22H18F3NO. The molecule has 0 aliphatic rings. The molecule has 0 fully saturated rings. The van der Waals surface area contributed by atoms with Gasteiger partial charge in [-0.15, -0.1) is 0 Å². The lowest BCUT2D eigenvalue weighted by atomic mass is 10.1. The zero-order valence-corrected chi connectivity index (χ0v) is 14.5. The summed E-state index contributed by atoms with van der Waals surface area (Å²) < 4.78 is 38.3. The molecule has 2 nitrogen and oxygen atoms in total. The second kappa shape index (κ2) is 8.08. The number of halogens is 3. The van der Waals surface area contributed by atoms with Gasteiger partial charge in [0, 0.05) is 18.7 Å². The van der Waals surface area contributed by atoms with Crippen LogP contribution in [0.2, 0.25) is 0 Å². The maximum absolute atomic E-state index is 13.0. The quantitative estimate of drug-likeness (QED) is 0.578. The summed E-state index contributed by atoms with van der Waals surface area (Å²) in [5.74, 6) is -0.309. The molecule has 0 aliphatic carbocycles. The average Bonchev–Trinajstić information content (AvgIpc) is 2.68. The van der Waals surface area contributed by atoms with E-state index in [1.807, 2.05) is 60.7 Å². The lowest BCUT2D eigenvalue weighted by Crippen LogP contribution is -2.30. The summed E-state index contributed by atoms with van der Waals surface area (Å²) in [5.41, 5.74) is 1.37. The molecule has 0 saturated heterocycles. The molecule has 0 N–H and O–H groups in total. The van der Waals surface area contributed by atoms with Gasteiger partial charge in [-0.3, -0.25) is 4.79 Å². The molecule has 0 radical (unpaired) electrons. The fourth-order valence-electron chi connectivity index (χ4n) is 2.79. The molecule has 0 bridgehead atoms. The second-order valence-corrected chi connectivity index (χ2v) is 6.21. The van der Waals surface area contributed by atoms with E-state index < -0.39 is 11.7 Å². The van der Waals surface area contributed by atoms with Crippen molar-refractivity contribution in [2.24, 2.45) is 0 Å². The number of carbonyl (C=O) groups is 1. The van der Waals surface area contributed by atoms with Gasteiger partial charge in [0.25, 0.3) is 5.91 Å². The van der Waals surface area contributed by atoms with Crippen molar-refractivity contribution in [1.29, 1.82) is 0 Å². The van der Waals surface area contributed by atoms with Crippen LogP contribution in [0.4, 0.5) is 13.2 Å². The molecule has 3 aromatic carbocycles. The van der Waals surface area contributed by atoms with E-state index in [1.54, 1.807) is 4.90 Å². The molecule has 5 heteroatoms. The Kier molecular flexibility index (Phi) is 5.60. The number of hydrogen-bond acceptors (Lipinski definition) is 1. The van der Waals surface area contributed by atoms with Crippen molar-refractivity contribution < 1.29 is 18.0 Å². The number of alkyl halides is 3. The summed E-state index contributed by atoms with van der Waals surface area (Å²) >= 11 is 0. The van der Waals surface area contributed by atoms with Crippen LogP contribution in [-0.2, 0) is 19.3 Å². The van der Waals surface area contributed by atoms with Crippen LogP contribution in [0, 0.1) is 0 Å². The predicted molar refractivity (Wildman–Crippen MR) is 97.9 cm³/mol. The molecule has 0 unspecified atom stereocenters. The maximum atomic E-state index is 13.0. The van der Waals surface area contributed by atoms with Crippen molar-refractivity contribution in [2.45, 2.75) is 19.3 Å². The van der Waals surface area contributed by atoms with E-state index in [4.69, 9.17) is 0 Å². The Bertz CT molecular complexity index is 833. The van der Waals surface area contributed by atoms with Crippen LogP contribution in [0.5, 0.6) is 0 Å². The third-order valence-corrected chi connectivity index (χ3v) is 4.18. The minimum atomic E-state index is -4.42. The summed E-state index contributed by atoms with van der Waals surface area (Å²) in [5, 5.41) is 0. The fraction of sp³-hybridized carbons (Fsp3) is 0.136. The van der Waals surface area contributed by atoms with Gasteiger partial charge in [-0.25, -0.2) is 0 Å². The Morgan fingerprint density at radius 2 is 1.15 bits per heavy atom. The average molecular weight is 369 g/mol.